The van der Waals surface area contributed by atoms with Crippen molar-refractivity contribution in [3.05, 3.63) is 71.8 Å². The quantitative estimate of drug-likeness (QED) is 0.569. The average Bonchev–Trinajstić information content (AvgIpc) is 2.81. The van der Waals surface area contributed by atoms with Crippen LogP contribution in [0.5, 0.6) is 0 Å². The molecule has 0 aromatic heterocycles. The summed E-state index contributed by atoms with van der Waals surface area (Å²) in [5.74, 6) is -1.18. The van der Waals surface area contributed by atoms with Gasteiger partial charge in [-0.2, -0.15) is 0 Å². The molecule has 2 aromatic carbocycles. The van der Waals surface area contributed by atoms with E-state index in [9.17, 15) is 14.4 Å². The van der Waals surface area contributed by atoms with E-state index in [1.165, 1.54) is 7.11 Å². The van der Waals surface area contributed by atoms with Gasteiger partial charge in [0.1, 0.15) is 18.7 Å². The van der Waals surface area contributed by atoms with Crippen molar-refractivity contribution >= 4 is 18.0 Å². The number of carbonyl (C=O) groups is 3. The normalized spacial score (nSPS) is 13.4. The van der Waals surface area contributed by atoms with Gasteiger partial charge in [0.15, 0.2) is 0 Å². The van der Waals surface area contributed by atoms with E-state index in [1.54, 1.807) is 0 Å². The van der Waals surface area contributed by atoms with Crippen LogP contribution in [0.2, 0.25) is 0 Å². The van der Waals surface area contributed by atoms with E-state index < -0.39 is 30.1 Å². The van der Waals surface area contributed by atoms with Gasteiger partial charge in [0, 0.05) is 6.42 Å². The summed E-state index contributed by atoms with van der Waals surface area (Å²) in [5.41, 5.74) is 1.73. The SMILES string of the molecule is CC[C@@H](C)[C@@H](NC(=O)OCc1ccccc1)C(=O)N[C@@H](Cc1ccccc1)C(=O)OC. The molecule has 0 spiro atoms. The van der Waals surface area contributed by atoms with Crippen molar-refractivity contribution in [2.45, 2.75) is 45.4 Å². The molecule has 0 aliphatic carbocycles. The lowest BCUT2D eigenvalue weighted by Gasteiger charge is -2.25. The van der Waals surface area contributed by atoms with Crippen LogP contribution in [0.3, 0.4) is 0 Å². The first-order valence-electron chi connectivity index (χ1n) is 10.3. The molecule has 2 rings (SSSR count). The number of hydrogen-bond donors (Lipinski definition) is 2. The fourth-order valence-corrected chi connectivity index (χ4v) is 3.04. The van der Waals surface area contributed by atoms with E-state index in [1.807, 2.05) is 74.5 Å². The third-order valence-corrected chi connectivity index (χ3v) is 5.07. The van der Waals surface area contributed by atoms with Crippen molar-refractivity contribution in [2.24, 2.45) is 5.92 Å². The molecule has 0 unspecified atom stereocenters. The number of methoxy groups -OCH3 is 1. The van der Waals surface area contributed by atoms with Gasteiger partial charge in [-0.3, -0.25) is 4.79 Å². The Labute approximate surface area is 183 Å². The number of nitrogens with one attached hydrogen (secondary N) is 2. The van der Waals surface area contributed by atoms with Crippen LogP contribution in [-0.4, -0.2) is 37.2 Å². The first-order chi connectivity index (χ1) is 14.9. The molecular formula is C24H30N2O5. The van der Waals surface area contributed by atoms with Crippen LogP contribution in [0, 0.1) is 5.92 Å². The Morgan fingerprint density at radius 2 is 1.48 bits per heavy atom. The minimum atomic E-state index is -0.867. The smallest absolute Gasteiger partial charge is 0.408 e. The molecule has 31 heavy (non-hydrogen) atoms. The third-order valence-electron chi connectivity index (χ3n) is 5.07. The van der Waals surface area contributed by atoms with Crippen LogP contribution in [0.1, 0.15) is 31.4 Å². The zero-order valence-electron chi connectivity index (χ0n) is 18.2. The molecule has 0 radical (unpaired) electrons. The molecule has 7 heteroatoms. The fourth-order valence-electron chi connectivity index (χ4n) is 3.04. The maximum Gasteiger partial charge on any atom is 0.408 e. The minimum absolute atomic E-state index is 0.0975. The summed E-state index contributed by atoms with van der Waals surface area (Å²) < 4.78 is 10.1. The van der Waals surface area contributed by atoms with Crippen LogP contribution in [0.4, 0.5) is 4.79 Å². The first-order valence-corrected chi connectivity index (χ1v) is 10.3. The molecule has 0 fully saturated rings. The van der Waals surface area contributed by atoms with Crippen molar-refractivity contribution in [1.82, 2.24) is 10.6 Å². The molecule has 2 aromatic rings. The Morgan fingerprint density at radius 3 is 2.03 bits per heavy atom. The number of rotatable bonds is 10. The zero-order chi connectivity index (χ0) is 22.6. The molecule has 0 saturated heterocycles. The maximum absolute atomic E-state index is 13.0. The maximum atomic E-state index is 13.0. The monoisotopic (exact) mass is 426 g/mol. The van der Waals surface area contributed by atoms with Crippen molar-refractivity contribution in [3.8, 4) is 0 Å². The van der Waals surface area contributed by atoms with Gasteiger partial charge in [0.05, 0.1) is 7.11 Å². The number of alkyl carbamates (subject to hydrolysis) is 1. The molecule has 2 amide bonds. The highest BCUT2D eigenvalue weighted by Gasteiger charge is 2.30. The molecule has 0 saturated carbocycles. The van der Waals surface area contributed by atoms with Crippen LogP contribution in [-0.2, 0) is 32.1 Å². The zero-order valence-corrected chi connectivity index (χ0v) is 18.2. The summed E-state index contributed by atoms with van der Waals surface area (Å²) >= 11 is 0. The van der Waals surface area contributed by atoms with Gasteiger partial charge in [0.2, 0.25) is 5.91 Å². The second-order valence-corrected chi connectivity index (χ2v) is 7.34. The predicted octanol–water partition coefficient (Wildman–Crippen LogP) is 3.23. The third kappa shape index (κ3) is 7.77. The molecule has 0 aliphatic heterocycles. The Hall–Kier alpha value is -3.35. The van der Waals surface area contributed by atoms with E-state index in [-0.39, 0.29) is 18.9 Å². The van der Waals surface area contributed by atoms with Crippen LogP contribution >= 0.6 is 0 Å². The second-order valence-electron chi connectivity index (χ2n) is 7.34. The molecule has 0 heterocycles. The Bertz CT molecular complexity index is 842. The number of ether oxygens (including phenoxy) is 2. The standard InChI is InChI=1S/C24H30N2O5/c1-4-17(2)21(26-24(29)31-16-19-13-9-6-10-14-19)22(27)25-20(23(28)30-3)15-18-11-7-5-8-12-18/h5-14,17,20-21H,4,15-16H2,1-3H3,(H,25,27)(H,26,29)/t17-,20+,21-/m1/s1. The number of hydrogen-bond acceptors (Lipinski definition) is 5. The van der Waals surface area contributed by atoms with E-state index in [2.05, 4.69) is 10.6 Å². The van der Waals surface area contributed by atoms with Gasteiger partial charge >= 0.3 is 12.1 Å². The number of benzene rings is 2. The van der Waals surface area contributed by atoms with Gasteiger partial charge in [-0.25, -0.2) is 9.59 Å². The van der Waals surface area contributed by atoms with Gasteiger partial charge < -0.3 is 20.1 Å². The molecule has 0 aliphatic rings. The number of esters is 1. The lowest BCUT2D eigenvalue weighted by atomic mass is 9.97. The summed E-state index contributed by atoms with van der Waals surface area (Å²) in [7, 11) is 1.28. The molecule has 3 atom stereocenters. The molecule has 2 N–H and O–H groups in total. The summed E-state index contributed by atoms with van der Waals surface area (Å²) in [4.78, 5) is 37.5. The second kappa shape index (κ2) is 12.4. The fraction of sp³-hybridized carbons (Fsp3) is 0.375. The van der Waals surface area contributed by atoms with Crippen LogP contribution in [0.25, 0.3) is 0 Å². The van der Waals surface area contributed by atoms with Crippen molar-refractivity contribution in [2.75, 3.05) is 7.11 Å². The lowest BCUT2D eigenvalue weighted by Crippen LogP contribution is -2.54. The summed E-state index contributed by atoms with van der Waals surface area (Å²) in [6, 6.07) is 16.9. The van der Waals surface area contributed by atoms with E-state index >= 15 is 0 Å². The van der Waals surface area contributed by atoms with Crippen molar-refractivity contribution in [3.63, 3.8) is 0 Å². The van der Waals surface area contributed by atoms with E-state index in [0.29, 0.717) is 6.42 Å². The highest BCUT2D eigenvalue weighted by Crippen LogP contribution is 2.11. The molecule has 166 valence electrons. The van der Waals surface area contributed by atoms with Gasteiger partial charge in [0.25, 0.3) is 0 Å². The predicted molar refractivity (Wildman–Crippen MR) is 117 cm³/mol. The van der Waals surface area contributed by atoms with Crippen LogP contribution < -0.4 is 10.6 Å². The minimum Gasteiger partial charge on any atom is -0.467 e. The van der Waals surface area contributed by atoms with Gasteiger partial charge in [-0.1, -0.05) is 80.9 Å². The topological polar surface area (TPSA) is 93.7 Å². The van der Waals surface area contributed by atoms with E-state index in [0.717, 1.165) is 11.1 Å². The Kier molecular flexibility index (Phi) is 9.55. The summed E-state index contributed by atoms with van der Waals surface area (Å²) in [6.07, 6.45) is 0.241. The van der Waals surface area contributed by atoms with Gasteiger partial charge in [-0.05, 0) is 17.0 Å². The molecular weight excluding hydrogens is 396 g/mol. The Balaban J connectivity index is 2.03. The van der Waals surface area contributed by atoms with Gasteiger partial charge in [-0.15, -0.1) is 0 Å². The largest absolute Gasteiger partial charge is 0.467 e. The van der Waals surface area contributed by atoms with Crippen molar-refractivity contribution in [1.29, 1.82) is 0 Å². The summed E-state index contributed by atoms with van der Waals surface area (Å²) in [6.45, 7) is 3.87. The Morgan fingerprint density at radius 1 is 0.903 bits per heavy atom. The highest BCUT2D eigenvalue weighted by molar-refractivity contribution is 5.90. The number of carbonyl (C=O) groups excluding carboxylic acids is 3. The van der Waals surface area contributed by atoms with Crippen LogP contribution in [0.15, 0.2) is 60.7 Å². The van der Waals surface area contributed by atoms with E-state index in [4.69, 9.17) is 9.47 Å². The molecule has 7 nitrogen and oxygen atoms in total. The average molecular weight is 427 g/mol. The highest BCUT2D eigenvalue weighted by atomic mass is 16.5. The molecule has 0 bridgehead atoms. The van der Waals surface area contributed by atoms with Crippen molar-refractivity contribution < 1.29 is 23.9 Å². The number of amides is 2. The first kappa shape index (κ1) is 23.9. The lowest BCUT2D eigenvalue weighted by molar-refractivity contribution is -0.145. The summed E-state index contributed by atoms with van der Waals surface area (Å²) in [5, 5.41) is 5.37.